The molecule has 0 spiro atoms. The number of nitrogens with zero attached hydrogens (tertiary/aromatic N) is 1. The lowest BCUT2D eigenvalue weighted by Crippen LogP contribution is -2.06. The summed E-state index contributed by atoms with van der Waals surface area (Å²) in [6.07, 6.45) is 1.85. The van der Waals surface area contributed by atoms with Crippen LogP contribution in [-0.2, 0) is 11.3 Å². The van der Waals surface area contributed by atoms with Gasteiger partial charge < -0.3 is 14.8 Å². The molecule has 4 nitrogen and oxygen atoms in total. The van der Waals surface area contributed by atoms with Crippen LogP contribution in [0.25, 0.3) is 10.9 Å². The minimum atomic E-state index is -0.840. The third-order valence-electron chi connectivity index (χ3n) is 3.07. The molecule has 0 radical (unpaired) electrons. The molecule has 0 bridgehead atoms. The molecule has 0 aliphatic heterocycles. The van der Waals surface area contributed by atoms with E-state index in [0.717, 1.165) is 23.0 Å². The Bertz CT molecular complexity index is 571. The summed E-state index contributed by atoms with van der Waals surface area (Å²) in [7, 11) is 0. The smallest absolute Gasteiger partial charge is 0.310 e. The van der Waals surface area contributed by atoms with Crippen molar-refractivity contribution in [3.63, 3.8) is 0 Å². The van der Waals surface area contributed by atoms with Gasteiger partial charge in [0, 0.05) is 24.2 Å². The van der Waals surface area contributed by atoms with Crippen molar-refractivity contribution in [3.05, 3.63) is 30.0 Å². The number of rotatable bonds is 3. The largest absolute Gasteiger partial charge is 0.508 e. The summed E-state index contributed by atoms with van der Waals surface area (Å²) in [6, 6.07) is 5.02. The molecule has 0 aliphatic rings. The summed E-state index contributed by atoms with van der Waals surface area (Å²) in [5, 5.41) is 19.4. The number of aromatic hydroxyl groups is 1. The number of fused-ring (bicyclic) bond motifs is 1. The maximum Gasteiger partial charge on any atom is 0.310 e. The quantitative estimate of drug-likeness (QED) is 0.856. The van der Waals surface area contributed by atoms with Crippen molar-refractivity contribution < 1.29 is 15.0 Å². The standard InChI is InChI=1S/C13H15NO3/c1-3-14-7-11(8(2)13(16)17)10-5-4-9(15)6-12(10)14/h4-8,15H,3H2,1-2H3,(H,16,17). The molecule has 90 valence electrons. The van der Waals surface area contributed by atoms with Crippen molar-refractivity contribution in [3.8, 4) is 5.75 Å². The number of carboxylic acid groups (broad SMARTS) is 1. The predicted octanol–water partition coefficient (Wildman–Crippen LogP) is 2.55. The van der Waals surface area contributed by atoms with Gasteiger partial charge in [-0.15, -0.1) is 0 Å². The van der Waals surface area contributed by atoms with E-state index in [9.17, 15) is 9.90 Å². The Kier molecular flexibility index (Phi) is 2.79. The minimum absolute atomic E-state index is 0.194. The van der Waals surface area contributed by atoms with Crippen molar-refractivity contribution in [2.75, 3.05) is 0 Å². The lowest BCUT2D eigenvalue weighted by atomic mass is 10.0. The molecule has 0 aliphatic carbocycles. The van der Waals surface area contributed by atoms with E-state index in [4.69, 9.17) is 5.11 Å². The van der Waals surface area contributed by atoms with Crippen LogP contribution in [0, 0.1) is 0 Å². The van der Waals surface area contributed by atoms with Crippen LogP contribution in [0.1, 0.15) is 25.3 Å². The fraction of sp³-hybridized carbons (Fsp3) is 0.308. The number of phenolic OH excluding ortho intramolecular Hbond substituents is 1. The van der Waals surface area contributed by atoms with Crippen LogP contribution in [0.15, 0.2) is 24.4 Å². The third kappa shape index (κ3) is 1.86. The van der Waals surface area contributed by atoms with Gasteiger partial charge in [-0.1, -0.05) is 0 Å². The number of hydrogen-bond donors (Lipinski definition) is 2. The molecule has 0 saturated heterocycles. The number of phenols is 1. The molecule has 1 aromatic carbocycles. The summed E-state index contributed by atoms with van der Waals surface area (Å²) in [5.41, 5.74) is 1.66. The normalized spacial score (nSPS) is 12.8. The van der Waals surface area contributed by atoms with Gasteiger partial charge in [0.15, 0.2) is 0 Å². The van der Waals surface area contributed by atoms with Crippen molar-refractivity contribution >= 4 is 16.9 Å². The Morgan fingerprint density at radius 1 is 1.47 bits per heavy atom. The molecule has 0 fully saturated rings. The summed E-state index contributed by atoms with van der Waals surface area (Å²) < 4.78 is 1.95. The molecular formula is C13H15NO3. The SMILES string of the molecule is CCn1cc(C(C)C(=O)O)c2ccc(O)cc21. The van der Waals surface area contributed by atoms with Gasteiger partial charge in [0.25, 0.3) is 0 Å². The molecule has 2 rings (SSSR count). The first-order valence-corrected chi connectivity index (χ1v) is 5.59. The van der Waals surface area contributed by atoms with E-state index < -0.39 is 11.9 Å². The molecule has 1 heterocycles. The van der Waals surface area contributed by atoms with Crippen LogP contribution in [-0.4, -0.2) is 20.7 Å². The summed E-state index contributed by atoms with van der Waals surface area (Å²) in [5.74, 6) is -1.19. The number of aromatic nitrogens is 1. The molecule has 1 atom stereocenters. The lowest BCUT2D eigenvalue weighted by Gasteiger charge is -2.03. The predicted molar refractivity (Wildman–Crippen MR) is 65.3 cm³/mol. The van der Waals surface area contributed by atoms with Crippen molar-refractivity contribution in [1.82, 2.24) is 4.57 Å². The number of carbonyl (C=O) groups is 1. The van der Waals surface area contributed by atoms with Gasteiger partial charge in [0.05, 0.1) is 11.4 Å². The summed E-state index contributed by atoms with van der Waals surface area (Å²) in [6.45, 7) is 4.40. The monoisotopic (exact) mass is 233 g/mol. The lowest BCUT2D eigenvalue weighted by molar-refractivity contribution is -0.138. The van der Waals surface area contributed by atoms with Gasteiger partial charge in [-0.3, -0.25) is 4.79 Å². The zero-order valence-electron chi connectivity index (χ0n) is 9.84. The number of aliphatic carboxylic acids is 1. The first-order chi connectivity index (χ1) is 8.04. The van der Waals surface area contributed by atoms with Gasteiger partial charge in [0.2, 0.25) is 0 Å². The molecule has 1 unspecified atom stereocenters. The summed E-state index contributed by atoms with van der Waals surface area (Å²) in [4.78, 5) is 11.0. The zero-order valence-corrected chi connectivity index (χ0v) is 9.84. The van der Waals surface area contributed by atoms with Gasteiger partial charge in [0.1, 0.15) is 5.75 Å². The van der Waals surface area contributed by atoms with E-state index in [1.807, 2.05) is 17.7 Å². The molecule has 0 saturated carbocycles. The average molecular weight is 233 g/mol. The molecule has 4 heteroatoms. The number of carboxylic acids is 1. The number of benzene rings is 1. The molecule has 2 aromatic rings. The highest BCUT2D eigenvalue weighted by Gasteiger charge is 2.19. The third-order valence-corrected chi connectivity index (χ3v) is 3.07. The maximum absolute atomic E-state index is 11.0. The maximum atomic E-state index is 11.0. The molecule has 1 aromatic heterocycles. The Morgan fingerprint density at radius 2 is 2.18 bits per heavy atom. The molecular weight excluding hydrogens is 218 g/mol. The van der Waals surface area contributed by atoms with Crippen LogP contribution >= 0.6 is 0 Å². The Morgan fingerprint density at radius 3 is 2.76 bits per heavy atom. The number of aryl methyl sites for hydroxylation is 1. The Labute approximate surface area is 99.1 Å². The van der Waals surface area contributed by atoms with Crippen molar-refractivity contribution in [2.24, 2.45) is 0 Å². The van der Waals surface area contributed by atoms with E-state index in [-0.39, 0.29) is 5.75 Å². The second-order valence-electron chi connectivity index (χ2n) is 4.13. The van der Waals surface area contributed by atoms with Crippen LogP contribution < -0.4 is 0 Å². The van der Waals surface area contributed by atoms with Gasteiger partial charge in [-0.05, 0) is 31.5 Å². The highest BCUT2D eigenvalue weighted by Crippen LogP contribution is 2.30. The van der Waals surface area contributed by atoms with Crippen LogP contribution in [0.2, 0.25) is 0 Å². The first-order valence-electron chi connectivity index (χ1n) is 5.59. The highest BCUT2D eigenvalue weighted by atomic mass is 16.4. The van der Waals surface area contributed by atoms with E-state index in [1.54, 1.807) is 25.1 Å². The molecule has 2 N–H and O–H groups in total. The minimum Gasteiger partial charge on any atom is -0.508 e. The second kappa shape index (κ2) is 4.13. The summed E-state index contributed by atoms with van der Waals surface area (Å²) >= 11 is 0. The van der Waals surface area contributed by atoms with Crippen LogP contribution in [0.4, 0.5) is 0 Å². The zero-order chi connectivity index (χ0) is 12.6. The Balaban J connectivity index is 2.69. The van der Waals surface area contributed by atoms with Gasteiger partial charge in [-0.25, -0.2) is 0 Å². The van der Waals surface area contributed by atoms with Crippen LogP contribution in [0.5, 0.6) is 5.75 Å². The average Bonchev–Trinajstić information content (AvgIpc) is 2.65. The van der Waals surface area contributed by atoms with Crippen LogP contribution in [0.3, 0.4) is 0 Å². The van der Waals surface area contributed by atoms with E-state index in [2.05, 4.69) is 0 Å². The molecule has 17 heavy (non-hydrogen) atoms. The first kappa shape index (κ1) is 11.5. The van der Waals surface area contributed by atoms with Crippen molar-refractivity contribution in [1.29, 1.82) is 0 Å². The van der Waals surface area contributed by atoms with E-state index in [1.165, 1.54) is 0 Å². The fourth-order valence-electron chi connectivity index (χ4n) is 2.05. The fourth-order valence-corrected chi connectivity index (χ4v) is 2.05. The van der Waals surface area contributed by atoms with Gasteiger partial charge in [-0.2, -0.15) is 0 Å². The van der Waals surface area contributed by atoms with E-state index in [0.29, 0.717) is 0 Å². The number of hydrogen-bond acceptors (Lipinski definition) is 2. The highest BCUT2D eigenvalue weighted by molar-refractivity contribution is 5.90. The van der Waals surface area contributed by atoms with Crippen molar-refractivity contribution in [2.45, 2.75) is 26.3 Å². The Hall–Kier alpha value is -1.97. The molecule has 0 amide bonds. The van der Waals surface area contributed by atoms with Gasteiger partial charge >= 0.3 is 5.97 Å². The topological polar surface area (TPSA) is 62.5 Å². The second-order valence-corrected chi connectivity index (χ2v) is 4.13. The van der Waals surface area contributed by atoms with E-state index >= 15 is 0 Å².